The lowest BCUT2D eigenvalue weighted by Crippen LogP contribution is -2.10. The van der Waals surface area contributed by atoms with Gasteiger partial charge < -0.3 is 10.4 Å². The predicted molar refractivity (Wildman–Crippen MR) is 89.7 cm³/mol. The summed E-state index contributed by atoms with van der Waals surface area (Å²) in [4.78, 5) is 4.11. The second-order valence-corrected chi connectivity index (χ2v) is 6.32. The number of aliphatic hydroxyl groups is 1. The van der Waals surface area contributed by atoms with E-state index in [0.29, 0.717) is 11.8 Å². The van der Waals surface area contributed by atoms with Gasteiger partial charge in [0.25, 0.3) is 0 Å². The van der Waals surface area contributed by atoms with E-state index in [2.05, 4.69) is 34.6 Å². The fourth-order valence-electron chi connectivity index (χ4n) is 3.55. The van der Waals surface area contributed by atoms with Crippen molar-refractivity contribution in [3.63, 3.8) is 0 Å². The third-order valence-corrected chi connectivity index (χ3v) is 4.82. The minimum Gasteiger partial charge on any atom is -0.388 e. The van der Waals surface area contributed by atoms with Gasteiger partial charge in [0.2, 0.25) is 0 Å². The molecule has 1 fully saturated rings. The molecule has 0 bridgehead atoms. The van der Waals surface area contributed by atoms with Crippen molar-refractivity contribution in [2.75, 3.05) is 12.4 Å². The number of anilines is 1. The number of pyridine rings is 1. The van der Waals surface area contributed by atoms with Crippen molar-refractivity contribution in [2.45, 2.75) is 31.8 Å². The Hall–Kier alpha value is -1.87. The molecule has 1 aromatic heterocycles. The fraction of sp³-hybridized carbons (Fsp3) is 0.421. The standard InChI is InChI=1S/C19H24N2O/c1-20-18-8-5-14(6-9-18)11-15-4-7-16(12-15)19(22)17-3-2-10-21-13-17/h2-3,5-6,8-10,13,15-16,19-20,22H,4,7,11-12H2,1H3. The quantitative estimate of drug-likeness (QED) is 0.881. The van der Waals surface area contributed by atoms with Gasteiger partial charge in [0.1, 0.15) is 0 Å². The number of rotatable bonds is 5. The van der Waals surface area contributed by atoms with Crippen LogP contribution >= 0.6 is 0 Å². The number of hydrogen-bond acceptors (Lipinski definition) is 3. The number of nitrogens with one attached hydrogen (secondary N) is 1. The van der Waals surface area contributed by atoms with E-state index in [9.17, 15) is 5.11 Å². The molecule has 0 amide bonds. The Bertz CT molecular complexity index is 582. The minimum absolute atomic E-state index is 0.366. The molecule has 116 valence electrons. The highest BCUT2D eigenvalue weighted by atomic mass is 16.3. The van der Waals surface area contributed by atoms with Gasteiger partial charge in [-0.25, -0.2) is 0 Å². The van der Waals surface area contributed by atoms with Gasteiger partial charge in [-0.1, -0.05) is 18.2 Å². The van der Waals surface area contributed by atoms with E-state index in [0.717, 1.165) is 30.5 Å². The van der Waals surface area contributed by atoms with Crippen LogP contribution in [0.4, 0.5) is 5.69 Å². The lowest BCUT2D eigenvalue weighted by atomic mass is 9.92. The molecule has 1 saturated carbocycles. The molecule has 22 heavy (non-hydrogen) atoms. The molecular weight excluding hydrogens is 272 g/mol. The largest absolute Gasteiger partial charge is 0.388 e. The maximum atomic E-state index is 10.5. The number of aliphatic hydroxyl groups excluding tert-OH is 1. The van der Waals surface area contributed by atoms with Gasteiger partial charge in [-0.2, -0.15) is 0 Å². The van der Waals surface area contributed by atoms with Gasteiger partial charge in [0.15, 0.2) is 0 Å². The summed E-state index contributed by atoms with van der Waals surface area (Å²) in [6.45, 7) is 0. The molecule has 2 aromatic rings. The average molecular weight is 296 g/mol. The number of nitrogens with zero attached hydrogens (tertiary/aromatic N) is 1. The smallest absolute Gasteiger partial charge is 0.0833 e. The van der Waals surface area contributed by atoms with Crippen LogP contribution in [0.5, 0.6) is 0 Å². The van der Waals surface area contributed by atoms with Crippen molar-refractivity contribution in [3.05, 3.63) is 59.9 Å². The van der Waals surface area contributed by atoms with Crippen LogP contribution in [-0.4, -0.2) is 17.1 Å². The summed E-state index contributed by atoms with van der Waals surface area (Å²) < 4.78 is 0. The Morgan fingerprint density at radius 3 is 2.73 bits per heavy atom. The third-order valence-electron chi connectivity index (χ3n) is 4.82. The number of benzene rings is 1. The lowest BCUT2D eigenvalue weighted by molar-refractivity contribution is 0.109. The van der Waals surface area contributed by atoms with E-state index < -0.39 is 0 Å². The summed E-state index contributed by atoms with van der Waals surface area (Å²) >= 11 is 0. The maximum absolute atomic E-state index is 10.5. The van der Waals surface area contributed by atoms with Crippen molar-refractivity contribution >= 4 is 5.69 Å². The number of aromatic nitrogens is 1. The molecule has 0 spiro atoms. The lowest BCUT2D eigenvalue weighted by Gasteiger charge is -2.18. The summed E-state index contributed by atoms with van der Waals surface area (Å²) in [6, 6.07) is 12.5. The van der Waals surface area contributed by atoms with E-state index in [4.69, 9.17) is 0 Å². The van der Waals surface area contributed by atoms with Crippen LogP contribution < -0.4 is 5.32 Å². The number of hydrogen-bond donors (Lipinski definition) is 2. The predicted octanol–water partition coefficient (Wildman–Crippen LogP) is 3.82. The Morgan fingerprint density at radius 1 is 1.23 bits per heavy atom. The molecule has 3 unspecified atom stereocenters. The molecule has 0 aliphatic heterocycles. The van der Waals surface area contributed by atoms with E-state index in [1.165, 1.54) is 12.0 Å². The first-order chi connectivity index (χ1) is 10.8. The van der Waals surface area contributed by atoms with Gasteiger partial charge >= 0.3 is 0 Å². The Labute approximate surface area is 132 Å². The molecule has 0 saturated heterocycles. The zero-order valence-corrected chi connectivity index (χ0v) is 13.1. The summed E-state index contributed by atoms with van der Waals surface area (Å²) in [7, 11) is 1.94. The topological polar surface area (TPSA) is 45.1 Å². The molecule has 3 nitrogen and oxygen atoms in total. The van der Waals surface area contributed by atoms with Crippen LogP contribution in [0.1, 0.15) is 36.5 Å². The van der Waals surface area contributed by atoms with Crippen molar-refractivity contribution < 1.29 is 5.11 Å². The van der Waals surface area contributed by atoms with Crippen LogP contribution in [0.3, 0.4) is 0 Å². The van der Waals surface area contributed by atoms with Crippen molar-refractivity contribution in [1.82, 2.24) is 4.98 Å². The molecule has 3 atom stereocenters. The molecule has 1 heterocycles. The summed E-state index contributed by atoms with van der Waals surface area (Å²) in [6.07, 6.45) is 7.69. The van der Waals surface area contributed by atoms with Crippen LogP contribution in [0.25, 0.3) is 0 Å². The Balaban J connectivity index is 1.57. The molecule has 3 heteroatoms. The first-order valence-corrected chi connectivity index (χ1v) is 8.11. The zero-order chi connectivity index (χ0) is 15.4. The molecular formula is C19H24N2O. The highest BCUT2D eigenvalue weighted by Gasteiger charge is 2.30. The van der Waals surface area contributed by atoms with E-state index in [-0.39, 0.29) is 6.10 Å². The zero-order valence-electron chi connectivity index (χ0n) is 13.1. The van der Waals surface area contributed by atoms with Crippen LogP contribution in [0.15, 0.2) is 48.8 Å². The van der Waals surface area contributed by atoms with Crippen molar-refractivity contribution in [3.8, 4) is 0 Å². The minimum atomic E-state index is -0.370. The SMILES string of the molecule is CNc1ccc(CC2CCC(C(O)c3cccnc3)C2)cc1. The van der Waals surface area contributed by atoms with Crippen molar-refractivity contribution in [2.24, 2.45) is 11.8 Å². The molecule has 3 rings (SSSR count). The van der Waals surface area contributed by atoms with Gasteiger partial charge in [0, 0.05) is 25.1 Å². The normalized spacial score (nSPS) is 22.5. The average Bonchev–Trinajstić information content (AvgIpc) is 3.04. The van der Waals surface area contributed by atoms with Gasteiger partial charge in [-0.3, -0.25) is 4.98 Å². The van der Waals surface area contributed by atoms with Crippen molar-refractivity contribution in [1.29, 1.82) is 0 Å². The van der Waals surface area contributed by atoms with Gasteiger partial charge in [0.05, 0.1) is 6.10 Å². The van der Waals surface area contributed by atoms with Crippen LogP contribution in [0.2, 0.25) is 0 Å². The van der Waals surface area contributed by atoms with E-state index >= 15 is 0 Å². The van der Waals surface area contributed by atoms with E-state index in [1.54, 1.807) is 12.4 Å². The highest BCUT2D eigenvalue weighted by Crippen LogP contribution is 2.40. The second-order valence-electron chi connectivity index (χ2n) is 6.32. The first-order valence-electron chi connectivity index (χ1n) is 8.11. The highest BCUT2D eigenvalue weighted by molar-refractivity contribution is 5.43. The maximum Gasteiger partial charge on any atom is 0.0833 e. The van der Waals surface area contributed by atoms with Gasteiger partial charge in [-0.05, 0) is 66.8 Å². The van der Waals surface area contributed by atoms with Crippen LogP contribution in [-0.2, 0) is 6.42 Å². The Morgan fingerprint density at radius 2 is 2.05 bits per heavy atom. The second kappa shape index (κ2) is 6.93. The Kier molecular flexibility index (Phi) is 4.74. The monoisotopic (exact) mass is 296 g/mol. The molecule has 2 N–H and O–H groups in total. The molecule has 1 aliphatic carbocycles. The molecule has 1 aliphatic rings. The first kappa shape index (κ1) is 15.0. The third kappa shape index (κ3) is 3.47. The summed E-state index contributed by atoms with van der Waals surface area (Å²) in [5.41, 5.74) is 3.49. The summed E-state index contributed by atoms with van der Waals surface area (Å²) in [5, 5.41) is 13.7. The fourth-order valence-corrected chi connectivity index (χ4v) is 3.55. The van der Waals surface area contributed by atoms with Gasteiger partial charge in [-0.15, -0.1) is 0 Å². The molecule has 1 aromatic carbocycles. The van der Waals surface area contributed by atoms with E-state index in [1.807, 2.05) is 19.2 Å². The van der Waals surface area contributed by atoms with Crippen LogP contribution in [0, 0.1) is 11.8 Å². The summed E-state index contributed by atoms with van der Waals surface area (Å²) in [5.74, 6) is 1.04. The molecule has 0 radical (unpaired) electrons.